The van der Waals surface area contributed by atoms with Gasteiger partial charge in [0.25, 0.3) is 0 Å². The van der Waals surface area contributed by atoms with Crippen LogP contribution in [0.1, 0.15) is 5.56 Å². The van der Waals surface area contributed by atoms with Crippen LogP contribution in [0.4, 0.5) is 16.5 Å². The fraction of sp³-hybridized carbons (Fsp3) is 0.316. The van der Waals surface area contributed by atoms with Crippen LogP contribution in [0.25, 0.3) is 0 Å². The summed E-state index contributed by atoms with van der Waals surface area (Å²) in [6.07, 6.45) is 3.69. The van der Waals surface area contributed by atoms with Crippen molar-refractivity contribution in [2.75, 3.05) is 36.4 Å². The second-order valence-corrected chi connectivity index (χ2v) is 8.19. The number of anilines is 3. The van der Waals surface area contributed by atoms with Crippen molar-refractivity contribution in [2.45, 2.75) is 13.6 Å². The van der Waals surface area contributed by atoms with Crippen molar-refractivity contribution in [2.24, 2.45) is 0 Å². The topological polar surface area (TPSA) is 49.2 Å². The van der Waals surface area contributed by atoms with Gasteiger partial charge in [0.1, 0.15) is 0 Å². The van der Waals surface area contributed by atoms with Crippen molar-refractivity contribution in [3.8, 4) is 0 Å². The highest BCUT2D eigenvalue weighted by Gasteiger charge is 2.18. The van der Waals surface area contributed by atoms with Crippen molar-refractivity contribution in [3.05, 3.63) is 58.3 Å². The Bertz CT molecular complexity index is 944. The number of hydrogen-bond donors (Lipinski definition) is 1. The highest BCUT2D eigenvalue weighted by molar-refractivity contribution is 7.73. The molecule has 6 nitrogen and oxygen atoms in total. The molecule has 4 rings (SSSR count). The average Bonchev–Trinajstić information content (AvgIpc) is 3.04. The maximum absolute atomic E-state index is 5.53. The summed E-state index contributed by atoms with van der Waals surface area (Å²) in [5.41, 5.74) is 3.50. The van der Waals surface area contributed by atoms with Crippen molar-refractivity contribution in [3.63, 3.8) is 0 Å². The van der Waals surface area contributed by atoms with E-state index in [1.54, 1.807) is 0 Å². The van der Waals surface area contributed by atoms with E-state index in [1.165, 1.54) is 22.6 Å². The summed E-state index contributed by atoms with van der Waals surface area (Å²) >= 11 is 7.04. The molecule has 0 bridgehead atoms. The fourth-order valence-corrected chi connectivity index (χ4v) is 4.17. The van der Waals surface area contributed by atoms with Crippen molar-refractivity contribution in [1.82, 2.24) is 19.7 Å². The molecule has 2 aromatic heterocycles. The Balaban J connectivity index is 1.37. The van der Waals surface area contributed by atoms with Crippen molar-refractivity contribution in [1.29, 1.82) is 0 Å². The van der Waals surface area contributed by atoms with Crippen molar-refractivity contribution < 1.29 is 0 Å². The van der Waals surface area contributed by atoms with Gasteiger partial charge in [-0.3, -0.25) is 9.88 Å². The molecule has 1 aliphatic rings. The van der Waals surface area contributed by atoms with Crippen LogP contribution in [0.2, 0.25) is 0 Å². The lowest BCUT2D eigenvalue weighted by Gasteiger charge is -2.35. The average molecular weight is 399 g/mol. The Morgan fingerprint density at radius 2 is 1.81 bits per heavy atom. The van der Waals surface area contributed by atoms with Gasteiger partial charge < -0.3 is 10.2 Å². The molecule has 1 aliphatic heterocycles. The quantitative estimate of drug-likeness (QED) is 0.658. The van der Waals surface area contributed by atoms with E-state index in [-0.39, 0.29) is 0 Å². The first-order valence-electron chi connectivity index (χ1n) is 8.97. The van der Waals surface area contributed by atoms with E-state index in [0.717, 1.165) is 47.6 Å². The first-order valence-corrected chi connectivity index (χ1v) is 10.2. The molecule has 140 valence electrons. The van der Waals surface area contributed by atoms with E-state index in [9.17, 15) is 0 Å². The summed E-state index contributed by atoms with van der Waals surface area (Å²) in [6, 6.07) is 12.3. The summed E-state index contributed by atoms with van der Waals surface area (Å²) in [7, 11) is 0. The van der Waals surface area contributed by atoms with Crippen molar-refractivity contribution >= 4 is 40.1 Å². The van der Waals surface area contributed by atoms with E-state index in [4.69, 9.17) is 12.2 Å². The van der Waals surface area contributed by atoms with E-state index >= 15 is 0 Å². The molecule has 0 spiro atoms. The van der Waals surface area contributed by atoms with E-state index < -0.39 is 0 Å². The molecule has 27 heavy (non-hydrogen) atoms. The predicted molar refractivity (Wildman–Crippen MR) is 113 cm³/mol. The Labute approximate surface area is 168 Å². The standard InChI is InChI=1S/C19H22N6S2/c1-15-4-2-3-5-17(15)21-18-22-25(19(26)27-18)14-23-10-12-24(13-11-23)16-6-8-20-9-7-16/h2-9H,10-14H2,1H3,(H,21,22). The number of pyridine rings is 1. The number of benzene rings is 1. The summed E-state index contributed by atoms with van der Waals surface area (Å²) in [5.74, 6) is 0. The number of nitrogens with zero attached hydrogens (tertiary/aromatic N) is 5. The van der Waals surface area contributed by atoms with Gasteiger partial charge in [-0.15, -0.1) is 5.10 Å². The molecular weight excluding hydrogens is 376 g/mol. The van der Waals surface area contributed by atoms with Gasteiger partial charge in [-0.2, -0.15) is 0 Å². The molecule has 1 aromatic carbocycles. The fourth-order valence-electron chi connectivity index (χ4n) is 3.17. The van der Waals surface area contributed by atoms with Crippen LogP contribution in [0, 0.1) is 10.9 Å². The maximum atomic E-state index is 5.53. The van der Waals surface area contributed by atoms with Crippen LogP contribution in [0.15, 0.2) is 48.8 Å². The van der Waals surface area contributed by atoms with Gasteiger partial charge in [-0.1, -0.05) is 29.5 Å². The number of piperazine rings is 1. The van der Waals surface area contributed by atoms with Crippen LogP contribution >= 0.6 is 23.6 Å². The lowest BCUT2D eigenvalue weighted by Crippen LogP contribution is -2.46. The monoisotopic (exact) mass is 398 g/mol. The third-order valence-electron chi connectivity index (χ3n) is 4.73. The Morgan fingerprint density at radius 3 is 2.56 bits per heavy atom. The van der Waals surface area contributed by atoms with Gasteiger partial charge in [-0.25, -0.2) is 4.68 Å². The highest BCUT2D eigenvalue weighted by atomic mass is 32.1. The minimum absolute atomic E-state index is 0.731. The molecule has 8 heteroatoms. The molecule has 0 atom stereocenters. The summed E-state index contributed by atoms with van der Waals surface area (Å²) in [4.78, 5) is 8.88. The molecule has 3 aromatic rings. The smallest absolute Gasteiger partial charge is 0.209 e. The zero-order chi connectivity index (χ0) is 18.6. The van der Waals surface area contributed by atoms with Crippen LogP contribution < -0.4 is 10.2 Å². The molecule has 3 heterocycles. The molecule has 0 unspecified atom stereocenters. The maximum Gasteiger partial charge on any atom is 0.209 e. The molecule has 1 saturated heterocycles. The van der Waals surface area contributed by atoms with Gasteiger partial charge in [0.15, 0.2) is 3.95 Å². The van der Waals surface area contributed by atoms with Crippen LogP contribution in [0.5, 0.6) is 0 Å². The second kappa shape index (κ2) is 8.16. The van der Waals surface area contributed by atoms with E-state index in [1.807, 2.05) is 29.2 Å². The lowest BCUT2D eigenvalue weighted by atomic mass is 10.2. The molecule has 0 saturated carbocycles. The third kappa shape index (κ3) is 4.35. The molecule has 1 fully saturated rings. The molecule has 0 amide bonds. The first-order chi connectivity index (χ1) is 13.2. The molecular formula is C19H22N6S2. The number of nitrogens with one attached hydrogen (secondary N) is 1. The zero-order valence-corrected chi connectivity index (χ0v) is 16.8. The van der Waals surface area contributed by atoms with Gasteiger partial charge >= 0.3 is 0 Å². The number of aryl methyl sites for hydroxylation is 1. The number of aromatic nitrogens is 3. The summed E-state index contributed by atoms with van der Waals surface area (Å²) in [6.45, 7) is 6.78. The predicted octanol–water partition coefficient (Wildman–Crippen LogP) is 3.90. The lowest BCUT2D eigenvalue weighted by molar-refractivity contribution is 0.195. The highest BCUT2D eigenvalue weighted by Crippen LogP contribution is 2.23. The first kappa shape index (κ1) is 18.1. The Morgan fingerprint density at radius 1 is 1.07 bits per heavy atom. The number of para-hydroxylation sites is 1. The van der Waals surface area contributed by atoms with Gasteiger partial charge in [0, 0.05) is 49.9 Å². The Kier molecular flexibility index (Phi) is 5.47. The Hall–Kier alpha value is -2.29. The molecule has 0 radical (unpaired) electrons. The van der Waals surface area contributed by atoms with Gasteiger partial charge in [0.2, 0.25) is 5.13 Å². The SMILES string of the molecule is Cc1ccccc1Nc1nn(CN2CCN(c3ccncc3)CC2)c(=S)s1. The minimum Gasteiger partial charge on any atom is -0.369 e. The van der Waals surface area contributed by atoms with Crippen LogP contribution in [-0.2, 0) is 6.67 Å². The second-order valence-electron chi connectivity index (χ2n) is 6.56. The molecule has 1 N–H and O–H groups in total. The molecule has 0 aliphatic carbocycles. The number of rotatable bonds is 5. The number of hydrogen-bond acceptors (Lipinski definition) is 7. The van der Waals surface area contributed by atoms with Crippen LogP contribution in [-0.4, -0.2) is 45.8 Å². The van der Waals surface area contributed by atoms with Crippen LogP contribution in [0.3, 0.4) is 0 Å². The summed E-state index contributed by atoms with van der Waals surface area (Å²) < 4.78 is 2.71. The normalized spacial score (nSPS) is 15.1. The third-order valence-corrected chi connectivity index (χ3v) is 5.95. The van der Waals surface area contributed by atoms with Gasteiger partial charge in [-0.05, 0) is 42.9 Å². The largest absolute Gasteiger partial charge is 0.369 e. The summed E-state index contributed by atoms with van der Waals surface area (Å²) in [5, 5.41) is 8.90. The zero-order valence-electron chi connectivity index (χ0n) is 15.2. The minimum atomic E-state index is 0.731. The van der Waals surface area contributed by atoms with E-state index in [0.29, 0.717) is 0 Å². The van der Waals surface area contributed by atoms with E-state index in [2.05, 4.69) is 56.4 Å². The van der Waals surface area contributed by atoms with Gasteiger partial charge in [0.05, 0.1) is 6.67 Å².